The normalized spacial score (nSPS) is 19.3. The maximum absolute atomic E-state index is 6.45. The van der Waals surface area contributed by atoms with E-state index in [1.54, 1.807) is 0 Å². The average Bonchev–Trinajstić information content (AvgIpc) is 2.87. The first kappa shape index (κ1) is 10.3. The molecule has 2 N–H and O–H groups in total. The van der Waals surface area contributed by atoms with Gasteiger partial charge in [-0.2, -0.15) is 0 Å². The van der Waals surface area contributed by atoms with E-state index >= 15 is 0 Å². The van der Waals surface area contributed by atoms with Crippen LogP contribution in [0.2, 0.25) is 0 Å². The van der Waals surface area contributed by atoms with Gasteiger partial charge in [0.05, 0.1) is 0 Å². The summed E-state index contributed by atoms with van der Waals surface area (Å²) in [5.41, 5.74) is 7.97. The minimum absolute atomic E-state index is 0.0733. The largest absolute Gasteiger partial charge is 0.325 e. The van der Waals surface area contributed by atoms with E-state index in [0.29, 0.717) is 0 Å². The van der Waals surface area contributed by atoms with E-state index in [9.17, 15) is 0 Å². The van der Waals surface area contributed by atoms with Crippen molar-refractivity contribution < 1.29 is 0 Å². The van der Waals surface area contributed by atoms with Crippen LogP contribution < -0.4 is 5.73 Å². The number of thiophene rings is 1. The van der Waals surface area contributed by atoms with Crippen LogP contribution >= 0.6 is 11.3 Å². The van der Waals surface area contributed by atoms with Gasteiger partial charge in [-0.1, -0.05) is 31.0 Å². The molecule has 16 heavy (non-hydrogen) atoms. The Morgan fingerprint density at radius 3 is 2.75 bits per heavy atom. The van der Waals surface area contributed by atoms with Gasteiger partial charge in [-0.3, -0.25) is 0 Å². The first-order chi connectivity index (χ1) is 7.77. The topological polar surface area (TPSA) is 26.0 Å². The van der Waals surface area contributed by atoms with Crippen LogP contribution in [-0.4, -0.2) is 5.54 Å². The lowest BCUT2D eigenvalue weighted by molar-refractivity contribution is 0.438. The predicted octanol–water partition coefficient (Wildman–Crippen LogP) is 3.72. The third-order valence-corrected chi connectivity index (χ3v) is 4.72. The maximum Gasteiger partial charge on any atom is 0.0345 e. The molecule has 84 valence electrons. The Balaban J connectivity index is 1.94. The van der Waals surface area contributed by atoms with Crippen molar-refractivity contribution in [2.45, 2.75) is 37.6 Å². The quantitative estimate of drug-likeness (QED) is 0.837. The van der Waals surface area contributed by atoms with Crippen LogP contribution in [0.4, 0.5) is 0 Å². The van der Waals surface area contributed by atoms with Crippen LogP contribution in [0, 0.1) is 0 Å². The lowest BCUT2D eigenvalue weighted by atomic mass is 9.90. The molecule has 3 rings (SSSR count). The molecule has 0 bridgehead atoms. The van der Waals surface area contributed by atoms with Crippen molar-refractivity contribution in [2.24, 2.45) is 5.73 Å². The smallest absolute Gasteiger partial charge is 0.0345 e. The van der Waals surface area contributed by atoms with Gasteiger partial charge in [-0.05, 0) is 41.7 Å². The van der Waals surface area contributed by atoms with E-state index in [0.717, 1.165) is 6.42 Å². The van der Waals surface area contributed by atoms with Crippen molar-refractivity contribution in [3.05, 3.63) is 35.2 Å². The molecule has 1 fully saturated rings. The standard InChI is InChI=1S/C14H17NS/c15-14(7-3-4-8-14)9-11-10-16-13-6-2-1-5-12(11)13/h1-2,5-6,10H,3-4,7-9,15H2. The molecule has 1 aromatic heterocycles. The molecular weight excluding hydrogens is 214 g/mol. The molecule has 0 aliphatic heterocycles. The number of hydrogen-bond donors (Lipinski definition) is 1. The van der Waals surface area contributed by atoms with Gasteiger partial charge in [-0.25, -0.2) is 0 Å². The molecule has 0 saturated heterocycles. The molecule has 0 amide bonds. The Morgan fingerprint density at radius 1 is 1.19 bits per heavy atom. The highest BCUT2D eigenvalue weighted by Crippen LogP contribution is 2.34. The summed E-state index contributed by atoms with van der Waals surface area (Å²) in [7, 11) is 0. The summed E-state index contributed by atoms with van der Waals surface area (Å²) in [5, 5.41) is 3.70. The number of rotatable bonds is 2. The number of nitrogens with two attached hydrogens (primary N) is 1. The van der Waals surface area contributed by atoms with E-state index in [1.165, 1.54) is 41.3 Å². The molecule has 2 heteroatoms. The van der Waals surface area contributed by atoms with Crippen molar-refractivity contribution in [1.29, 1.82) is 0 Å². The lowest BCUT2D eigenvalue weighted by Gasteiger charge is -2.23. The molecule has 1 aromatic carbocycles. The Hall–Kier alpha value is -0.860. The van der Waals surface area contributed by atoms with Crippen LogP contribution in [0.25, 0.3) is 10.1 Å². The minimum atomic E-state index is 0.0733. The lowest BCUT2D eigenvalue weighted by Crippen LogP contribution is -2.38. The third kappa shape index (κ3) is 1.76. The zero-order chi connectivity index (χ0) is 11.0. The molecule has 0 spiro atoms. The average molecular weight is 231 g/mol. The van der Waals surface area contributed by atoms with E-state index < -0.39 is 0 Å². The molecule has 1 aliphatic carbocycles. The minimum Gasteiger partial charge on any atom is -0.325 e. The Labute approximate surface area is 100 Å². The monoisotopic (exact) mass is 231 g/mol. The Kier molecular flexibility index (Phi) is 2.49. The summed E-state index contributed by atoms with van der Waals surface area (Å²) >= 11 is 1.84. The van der Waals surface area contributed by atoms with Gasteiger partial charge in [0.1, 0.15) is 0 Å². The Bertz CT molecular complexity index is 494. The molecule has 2 aromatic rings. The Morgan fingerprint density at radius 2 is 1.94 bits per heavy atom. The number of fused-ring (bicyclic) bond motifs is 1. The first-order valence-electron chi connectivity index (χ1n) is 6.01. The molecule has 1 saturated carbocycles. The van der Waals surface area contributed by atoms with E-state index in [2.05, 4.69) is 29.6 Å². The van der Waals surface area contributed by atoms with Gasteiger partial charge in [0.15, 0.2) is 0 Å². The van der Waals surface area contributed by atoms with Crippen molar-refractivity contribution in [1.82, 2.24) is 0 Å². The summed E-state index contributed by atoms with van der Waals surface area (Å²) in [5.74, 6) is 0. The van der Waals surface area contributed by atoms with Gasteiger partial charge < -0.3 is 5.73 Å². The van der Waals surface area contributed by atoms with Gasteiger partial charge in [0, 0.05) is 10.2 Å². The zero-order valence-electron chi connectivity index (χ0n) is 9.41. The van der Waals surface area contributed by atoms with Crippen molar-refractivity contribution >= 4 is 21.4 Å². The van der Waals surface area contributed by atoms with Crippen molar-refractivity contribution in [3.63, 3.8) is 0 Å². The van der Waals surface area contributed by atoms with Crippen LogP contribution in [0.5, 0.6) is 0 Å². The highest BCUT2D eigenvalue weighted by atomic mass is 32.1. The molecule has 1 nitrogen and oxygen atoms in total. The van der Waals surface area contributed by atoms with Crippen molar-refractivity contribution in [3.8, 4) is 0 Å². The predicted molar refractivity (Wildman–Crippen MR) is 70.9 cm³/mol. The molecule has 0 unspecified atom stereocenters. The second-order valence-corrected chi connectivity index (χ2v) is 5.91. The zero-order valence-corrected chi connectivity index (χ0v) is 10.2. The van der Waals surface area contributed by atoms with Crippen LogP contribution in [0.3, 0.4) is 0 Å². The second-order valence-electron chi connectivity index (χ2n) is 5.00. The van der Waals surface area contributed by atoms with E-state index in [4.69, 9.17) is 5.73 Å². The van der Waals surface area contributed by atoms with Crippen LogP contribution in [0.15, 0.2) is 29.6 Å². The fraction of sp³-hybridized carbons (Fsp3) is 0.429. The molecular formula is C14H17NS. The fourth-order valence-corrected chi connectivity index (χ4v) is 3.77. The van der Waals surface area contributed by atoms with Gasteiger partial charge in [0.25, 0.3) is 0 Å². The summed E-state index contributed by atoms with van der Waals surface area (Å²) in [4.78, 5) is 0. The van der Waals surface area contributed by atoms with Gasteiger partial charge in [0.2, 0.25) is 0 Å². The number of benzene rings is 1. The fourth-order valence-electron chi connectivity index (χ4n) is 2.80. The first-order valence-corrected chi connectivity index (χ1v) is 6.89. The summed E-state index contributed by atoms with van der Waals surface area (Å²) < 4.78 is 1.39. The third-order valence-electron chi connectivity index (χ3n) is 3.70. The molecule has 0 radical (unpaired) electrons. The summed E-state index contributed by atoms with van der Waals surface area (Å²) in [6.45, 7) is 0. The van der Waals surface area contributed by atoms with Crippen molar-refractivity contribution in [2.75, 3.05) is 0 Å². The number of hydrogen-bond acceptors (Lipinski definition) is 2. The van der Waals surface area contributed by atoms with Gasteiger partial charge in [-0.15, -0.1) is 11.3 Å². The highest BCUT2D eigenvalue weighted by Gasteiger charge is 2.30. The maximum atomic E-state index is 6.45. The summed E-state index contributed by atoms with van der Waals surface area (Å²) in [6, 6.07) is 8.65. The van der Waals surface area contributed by atoms with E-state index in [-0.39, 0.29) is 5.54 Å². The van der Waals surface area contributed by atoms with Crippen LogP contribution in [0.1, 0.15) is 31.2 Å². The summed E-state index contributed by atoms with van der Waals surface area (Å²) in [6.07, 6.45) is 6.04. The highest BCUT2D eigenvalue weighted by molar-refractivity contribution is 7.17. The van der Waals surface area contributed by atoms with Crippen LogP contribution in [-0.2, 0) is 6.42 Å². The molecule has 1 aliphatic rings. The molecule has 1 heterocycles. The second kappa shape index (κ2) is 3.86. The van der Waals surface area contributed by atoms with E-state index in [1.807, 2.05) is 11.3 Å². The molecule has 0 atom stereocenters. The van der Waals surface area contributed by atoms with Gasteiger partial charge >= 0.3 is 0 Å². The SMILES string of the molecule is NC1(Cc2csc3ccccc23)CCCC1.